The molecule has 3 aromatic rings. The summed E-state index contributed by atoms with van der Waals surface area (Å²) in [5.74, 6) is -0.910. The summed E-state index contributed by atoms with van der Waals surface area (Å²) in [6.07, 6.45) is 0. The van der Waals surface area contributed by atoms with E-state index in [4.69, 9.17) is 16.3 Å². The van der Waals surface area contributed by atoms with Crippen molar-refractivity contribution in [2.24, 2.45) is 0 Å². The van der Waals surface area contributed by atoms with Crippen LogP contribution in [-0.4, -0.2) is 29.0 Å². The summed E-state index contributed by atoms with van der Waals surface area (Å²) in [5, 5.41) is 12.2. The van der Waals surface area contributed by atoms with Gasteiger partial charge in [0.2, 0.25) is 0 Å². The van der Waals surface area contributed by atoms with Crippen LogP contribution in [0, 0.1) is 0 Å². The fourth-order valence-electron chi connectivity index (χ4n) is 2.26. The molecule has 0 spiro atoms. The lowest BCUT2D eigenvalue weighted by Crippen LogP contribution is -2.41. The summed E-state index contributed by atoms with van der Waals surface area (Å²) >= 11 is 7.08. The molecule has 27 heavy (non-hydrogen) atoms. The normalized spacial score (nSPS) is 10.3. The van der Waals surface area contributed by atoms with Crippen molar-refractivity contribution in [2.45, 2.75) is 0 Å². The molecular formula is C18H14ClN3O4S. The van der Waals surface area contributed by atoms with Gasteiger partial charge in [0.1, 0.15) is 22.2 Å². The number of benzene rings is 2. The number of hydrogen-bond acceptors (Lipinski definition) is 6. The first kappa shape index (κ1) is 18.7. The minimum Gasteiger partial charge on any atom is -0.507 e. The maximum atomic E-state index is 12.2. The van der Waals surface area contributed by atoms with Gasteiger partial charge < -0.3 is 9.84 Å². The van der Waals surface area contributed by atoms with Gasteiger partial charge in [-0.15, -0.1) is 11.3 Å². The predicted molar refractivity (Wildman–Crippen MR) is 102 cm³/mol. The Balaban J connectivity index is 1.70. The molecule has 138 valence electrons. The Bertz CT molecular complexity index is 1010. The van der Waals surface area contributed by atoms with E-state index in [1.165, 1.54) is 29.5 Å². The zero-order valence-electron chi connectivity index (χ0n) is 14.0. The lowest BCUT2D eigenvalue weighted by molar-refractivity contribution is 0.0842. The van der Waals surface area contributed by atoms with E-state index >= 15 is 0 Å². The van der Waals surface area contributed by atoms with Crippen LogP contribution < -0.4 is 15.6 Å². The summed E-state index contributed by atoms with van der Waals surface area (Å²) in [6.45, 7) is 0. The minimum atomic E-state index is -0.705. The van der Waals surface area contributed by atoms with Gasteiger partial charge in [0.15, 0.2) is 0 Å². The molecule has 0 fully saturated rings. The number of hydrogen-bond donors (Lipinski definition) is 3. The van der Waals surface area contributed by atoms with Gasteiger partial charge in [-0.1, -0.05) is 23.7 Å². The number of ether oxygens (including phenoxy) is 1. The van der Waals surface area contributed by atoms with Crippen LogP contribution in [0.15, 0.2) is 47.8 Å². The number of para-hydroxylation sites is 1. The maximum absolute atomic E-state index is 12.2. The molecular weight excluding hydrogens is 390 g/mol. The number of amides is 2. The van der Waals surface area contributed by atoms with Crippen LogP contribution in [0.3, 0.4) is 0 Å². The molecule has 1 heterocycles. The summed E-state index contributed by atoms with van der Waals surface area (Å²) in [5.41, 5.74) is 5.31. The van der Waals surface area contributed by atoms with Gasteiger partial charge in [-0.3, -0.25) is 20.4 Å². The predicted octanol–water partition coefficient (Wildman–Crippen LogP) is 3.25. The quantitative estimate of drug-likeness (QED) is 0.580. The van der Waals surface area contributed by atoms with Crippen LogP contribution >= 0.6 is 22.9 Å². The van der Waals surface area contributed by atoms with Gasteiger partial charge in [-0.05, 0) is 30.3 Å². The van der Waals surface area contributed by atoms with E-state index in [-0.39, 0.29) is 22.0 Å². The smallest absolute Gasteiger partial charge is 0.289 e. The lowest BCUT2D eigenvalue weighted by atomic mass is 10.2. The molecule has 0 aliphatic heterocycles. The molecule has 0 aliphatic rings. The molecule has 0 unspecified atom stereocenters. The number of thiazole rings is 1. The first-order valence-corrected chi connectivity index (χ1v) is 8.93. The number of carbonyl (C=O) groups excluding carboxylic acids is 2. The lowest BCUT2D eigenvalue weighted by Gasteiger charge is -2.08. The molecule has 0 saturated heterocycles. The first-order valence-electron chi connectivity index (χ1n) is 7.67. The van der Waals surface area contributed by atoms with E-state index in [9.17, 15) is 14.7 Å². The molecule has 3 rings (SSSR count). The summed E-state index contributed by atoms with van der Waals surface area (Å²) in [4.78, 5) is 28.6. The third-order valence-electron chi connectivity index (χ3n) is 3.57. The monoisotopic (exact) mass is 403 g/mol. The summed E-state index contributed by atoms with van der Waals surface area (Å²) < 4.78 is 5.29. The average molecular weight is 404 g/mol. The van der Waals surface area contributed by atoms with Crippen molar-refractivity contribution in [2.75, 3.05) is 7.11 Å². The topological polar surface area (TPSA) is 101 Å². The zero-order chi connectivity index (χ0) is 19.4. The second kappa shape index (κ2) is 8.07. The highest BCUT2D eigenvalue weighted by atomic mass is 35.5. The Hall–Kier alpha value is -3.10. The van der Waals surface area contributed by atoms with Gasteiger partial charge >= 0.3 is 0 Å². The largest absolute Gasteiger partial charge is 0.507 e. The third-order valence-corrected chi connectivity index (χ3v) is 4.68. The van der Waals surface area contributed by atoms with Gasteiger partial charge in [-0.2, -0.15) is 0 Å². The Morgan fingerprint density at radius 1 is 1.15 bits per heavy atom. The second-order valence-corrected chi connectivity index (χ2v) is 6.60. The van der Waals surface area contributed by atoms with E-state index in [1.807, 2.05) is 18.2 Å². The van der Waals surface area contributed by atoms with Crippen LogP contribution in [0.25, 0.3) is 10.6 Å². The third kappa shape index (κ3) is 4.18. The molecule has 1 aromatic heterocycles. The number of rotatable bonds is 4. The van der Waals surface area contributed by atoms with Gasteiger partial charge in [0, 0.05) is 10.4 Å². The summed E-state index contributed by atoms with van der Waals surface area (Å²) in [7, 11) is 1.56. The first-order chi connectivity index (χ1) is 13.0. The molecule has 3 N–H and O–H groups in total. The highest BCUT2D eigenvalue weighted by molar-refractivity contribution is 7.13. The SMILES string of the molecule is COc1ccccc1-c1nc(C(=O)NNC(=O)c2cc(Cl)ccc2O)cs1. The Labute approximate surface area is 163 Å². The highest BCUT2D eigenvalue weighted by Gasteiger charge is 2.16. The average Bonchev–Trinajstić information content (AvgIpc) is 3.17. The molecule has 7 nitrogen and oxygen atoms in total. The fraction of sp³-hybridized carbons (Fsp3) is 0.0556. The molecule has 9 heteroatoms. The van der Waals surface area contributed by atoms with Gasteiger partial charge in [0.05, 0.1) is 18.2 Å². The van der Waals surface area contributed by atoms with Crippen LogP contribution in [0.2, 0.25) is 5.02 Å². The number of phenolic OH excluding ortho intramolecular Hbond substituents is 1. The van der Waals surface area contributed by atoms with E-state index in [0.717, 1.165) is 5.56 Å². The number of phenols is 1. The van der Waals surface area contributed by atoms with Crippen LogP contribution in [0.5, 0.6) is 11.5 Å². The van der Waals surface area contributed by atoms with Crippen molar-refractivity contribution < 1.29 is 19.4 Å². The molecule has 2 aromatic carbocycles. The number of aromatic nitrogens is 1. The van der Waals surface area contributed by atoms with Crippen molar-refractivity contribution in [1.82, 2.24) is 15.8 Å². The number of hydrazine groups is 1. The van der Waals surface area contributed by atoms with Crippen LogP contribution in [0.4, 0.5) is 0 Å². The Morgan fingerprint density at radius 3 is 2.67 bits per heavy atom. The Morgan fingerprint density at radius 2 is 1.89 bits per heavy atom. The fourth-order valence-corrected chi connectivity index (χ4v) is 3.26. The molecule has 0 radical (unpaired) electrons. The van der Waals surface area contributed by atoms with Crippen molar-refractivity contribution in [3.8, 4) is 22.1 Å². The van der Waals surface area contributed by atoms with Crippen molar-refractivity contribution in [3.05, 3.63) is 64.1 Å². The van der Waals surface area contributed by atoms with E-state index in [2.05, 4.69) is 15.8 Å². The number of methoxy groups -OCH3 is 1. The number of nitrogens with one attached hydrogen (secondary N) is 2. The highest BCUT2D eigenvalue weighted by Crippen LogP contribution is 2.31. The maximum Gasteiger partial charge on any atom is 0.289 e. The van der Waals surface area contributed by atoms with Crippen molar-refractivity contribution in [3.63, 3.8) is 0 Å². The standard InChI is InChI=1S/C18H14ClN3O4S/c1-26-15-5-3-2-4-11(15)18-20-13(9-27-18)17(25)22-21-16(24)12-8-10(19)6-7-14(12)23/h2-9,23H,1H3,(H,21,24)(H,22,25). The summed E-state index contributed by atoms with van der Waals surface area (Å²) in [6, 6.07) is 11.3. The molecule has 0 bridgehead atoms. The van der Waals surface area contributed by atoms with E-state index in [1.54, 1.807) is 18.6 Å². The zero-order valence-corrected chi connectivity index (χ0v) is 15.6. The van der Waals surface area contributed by atoms with Gasteiger partial charge in [-0.25, -0.2) is 4.98 Å². The number of nitrogens with zero attached hydrogens (tertiary/aromatic N) is 1. The minimum absolute atomic E-state index is 0.0595. The molecule has 0 atom stereocenters. The molecule has 2 amide bonds. The van der Waals surface area contributed by atoms with E-state index in [0.29, 0.717) is 10.8 Å². The van der Waals surface area contributed by atoms with Crippen molar-refractivity contribution >= 4 is 34.8 Å². The molecule has 0 aliphatic carbocycles. The number of carbonyl (C=O) groups is 2. The number of halogens is 1. The Kier molecular flexibility index (Phi) is 5.58. The van der Waals surface area contributed by atoms with Crippen molar-refractivity contribution in [1.29, 1.82) is 0 Å². The molecule has 0 saturated carbocycles. The van der Waals surface area contributed by atoms with E-state index < -0.39 is 11.8 Å². The van der Waals surface area contributed by atoms with Crippen LogP contribution in [0.1, 0.15) is 20.8 Å². The van der Waals surface area contributed by atoms with Crippen LogP contribution in [-0.2, 0) is 0 Å². The number of aromatic hydroxyl groups is 1. The van der Waals surface area contributed by atoms with Gasteiger partial charge in [0.25, 0.3) is 11.8 Å². The second-order valence-electron chi connectivity index (χ2n) is 5.31.